The highest BCUT2D eigenvalue weighted by molar-refractivity contribution is 9.10. The van der Waals surface area contributed by atoms with Crippen molar-refractivity contribution in [1.29, 1.82) is 0 Å². The number of fused-ring (bicyclic) bond motifs is 1. The van der Waals surface area contributed by atoms with Crippen LogP contribution < -0.4 is 10.6 Å². The number of nitrogens with zero attached hydrogens (tertiary/aromatic N) is 2. The number of benzene rings is 1. The molecule has 0 aliphatic carbocycles. The lowest BCUT2D eigenvalue weighted by Crippen LogP contribution is -2.25. The van der Waals surface area contributed by atoms with Crippen LogP contribution in [-0.2, 0) is 25.7 Å². The van der Waals surface area contributed by atoms with Crippen LogP contribution in [0.5, 0.6) is 0 Å². The standard InChI is InChI=1S/C16H19BrN4O4/c1-3-25-14(24)9-21-12-6-4-5-11(17)15(12)16(20-21)19-13(23)7-8-18-10(2)22/h4-6H,3,7-9H2,1-2H3,(H,18,22)(H,19,20,23). The number of rotatable bonds is 7. The van der Waals surface area contributed by atoms with E-state index < -0.39 is 5.97 Å². The summed E-state index contributed by atoms with van der Waals surface area (Å²) in [6.45, 7) is 3.59. The zero-order valence-corrected chi connectivity index (χ0v) is 15.6. The van der Waals surface area contributed by atoms with E-state index in [1.165, 1.54) is 11.6 Å². The highest BCUT2D eigenvalue weighted by Crippen LogP contribution is 2.30. The Bertz CT molecular complexity index is 803. The second-order valence-electron chi connectivity index (χ2n) is 5.23. The first-order valence-electron chi connectivity index (χ1n) is 7.77. The SMILES string of the molecule is CCOC(=O)Cn1nc(NC(=O)CCNC(C)=O)c2c(Br)cccc21. The van der Waals surface area contributed by atoms with Gasteiger partial charge in [0, 0.05) is 24.4 Å². The van der Waals surface area contributed by atoms with Crippen molar-refractivity contribution in [3.63, 3.8) is 0 Å². The quantitative estimate of drug-likeness (QED) is 0.677. The van der Waals surface area contributed by atoms with E-state index in [2.05, 4.69) is 31.7 Å². The van der Waals surface area contributed by atoms with Gasteiger partial charge in [-0.2, -0.15) is 5.10 Å². The van der Waals surface area contributed by atoms with Gasteiger partial charge < -0.3 is 15.4 Å². The van der Waals surface area contributed by atoms with Crippen LogP contribution in [-0.4, -0.2) is 40.7 Å². The van der Waals surface area contributed by atoms with Gasteiger partial charge in [0.05, 0.1) is 17.5 Å². The van der Waals surface area contributed by atoms with Crippen LogP contribution in [0.25, 0.3) is 10.9 Å². The molecule has 2 aromatic rings. The zero-order chi connectivity index (χ0) is 18.4. The second kappa shape index (κ2) is 8.61. The summed E-state index contributed by atoms with van der Waals surface area (Å²) in [7, 11) is 0. The van der Waals surface area contributed by atoms with E-state index in [9.17, 15) is 14.4 Å². The van der Waals surface area contributed by atoms with Crippen molar-refractivity contribution in [2.24, 2.45) is 0 Å². The minimum Gasteiger partial charge on any atom is -0.465 e. The molecule has 25 heavy (non-hydrogen) atoms. The summed E-state index contributed by atoms with van der Waals surface area (Å²) in [5, 5.41) is 10.3. The average molecular weight is 411 g/mol. The lowest BCUT2D eigenvalue weighted by Gasteiger charge is -2.04. The van der Waals surface area contributed by atoms with Crippen molar-refractivity contribution >= 4 is 50.4 Å². The molecule has 1 aromatic carbocycles. The van der Waals surface area contributed by atoms with Crippen molar-refractivity contribution in [3.05, 3.63) is 22.7 Å². The fraction of sp³-hybridized carbons (Fsp3) is 0.375. The van der Waals surface area contributed by atoms with Crippen molar-refractivity contribution in [1.82, 2.24) is 15.1 Å². The average Bonchev–Trinajstić information content (AvgIpc) is 2.86. The van der Waals surface area contributed by atoms with Crippen LogP contribution in [0.4, 0.5) is 5.82 Å². The van der Waals surface area contributed by atoms with Crippen molar-refractivity contribution in [2.75, 3.05) is 18.5 Å². The topological polar surface area (TPSA) is 102 Å². The van der Waals surface area contributed by atoms with Gasteiger partial charge in [-0.25, -0.2) is 0 Å². The summed E-state index contributed by atoms with van der Waals surface area (Å²) in [6, 6.07) is 5.45. The fourth-order valence-corrected chi connectivity index (χ4v) is 2.81. The number of nitrogens with one attached hydrogen (secondary N) is 2. The summed E-state index contributed by atoms with van der Waals surface area (Å²) in [5.74, 6) is -0.540. The van der Waals surface area contributed by atoms with Crippen molar-refractivity contribution in [2.45, 2.75) is 26.8 Å². The molecule has 0 bridgehead atoms. The van der Waals surface area contributed by atoms with E-state index >= 15 is 0 Å². The number of halogens is 1. The second-order valence-corrected chi connectivity index (χ2v) is 6.08. The normalized spacial score (nSPS) is 10.5. The molecule has 0 aliphatic heterocycles. The number of amides is 2. The van der Waals surface area contributed by atoms with Crippen LogP contribution in [0.2, 0.25) is 0 Å². The Labute approximate surface area is 153 Å². The maximum absolute atomic E-state index is 12.1. The molecule has 2 amide bonds. The van der Waals surface area contributed by atoms with Gasteiger partial charge in [0.25, 0.3) is 0 Å². The minimum absolute atomic E-state index is 0.0530. The van der Waals surface area contributed by atoms with Gasteiger partial charge in [-0.1, -0.05) is 6.07 Å². The third kappa shape index (κ3) is 5.02. The maximum atomic E-state index is 12.1. The molecule has 2 N–H and O–H groups in total. The number of ether oxygens (including phenoxy) is 1. The number of esters is 1. The number of anilines is 1. The van der Waals surface area contributed by atoms with E-state index in [0.29, 0.717) is 16.7 Å². The smallest absolute Gasteiger partial charge is 0.327 e. The molecule has 0 aliphatic rings. The van der Waals surface area contributed by atoms with Gasteiger partial charge in [0.2, 0.25) is 11.8 Å². The molecule has 0 spiro atoms. The third-order valence-electron chi connectivity index (χ3n) is 3.30. The summed E-state index contributed by atoms with van der Waals surface area (Å²) in [5.41, 5.74) is 0.694. The van der Waals surface area contributed by atoms with Crippen LogP contribution in [0, 0.1) is 0 Å². The lowest BCUT2D eigenvalue weighted by atomic mass is 10.2. The van der Waals surface area contributed by atoms with E-state index in [1.807, 2.05) is 12.1 Å². The van der Waals surface area contributed by atoms with Gasteiger partial charge in [-0.15, -0.1) is 0 Å². The van der Waals surface area contributed by atoms with Crippen LogP contribution in [0.1, 0.15) is 20.3 Å². The molecule has 134 valence electrons. The number of carbonyl (C=O) groups excluding carboxylic acids is 3. The zero-order valence-electron chi connectivity index (χ0n) is 14.0. The Balaban J connectivity index is 2.22. The predicted octanol–water partition coefficient (Wildman–Crippen LogP) is 1.83. The van der Waals surface area contributed by atoms with Crippen LogP contribution in [0.15, 0.2) is 22.7 Å². The van der Waals surface area contributed by atoms with Gasteiger partial charge in [-0.05, 0) is 35.0 Å². The number of hydrogen-bond acceptors (Lipinski definition) is 5. The summed E-state index contributed by atoms with van der Waals surface area (Å²) in [4.78, 5) is 34.7. The molecule has 8 nitrogen and oxygen atoms in total. The first kappa shape index (κ1) is 18.9. The monoisotopic (exact) mass is 410 g/mol. The maximum Gasteiger partial charge on any atom is 0.327 e. The largest absolute Gasteiger partial charge is 0.465 e. The molecule has 0 radical (unpaired) electrons. The predicted molar refractivity (Wildman–Crippen MR) is 96.0 cm³/mol. The molecule has 0 unspecified atom stereocenters. The summed E-state index contributed by atoms with van der Waals surface area (Å²) in [6.07, 6.45) is 0.121. The van der Waals surface area contributed by atoms with E-state index in [1.54, 1.807) is 13.0 Å². The van der Waals surface area contributed by atoms with Gasteiger partial charge in [-0.3, -0.25) is 19.1 Å². The lowest BCUT2D eigenvalue weighted by molar-refractivity contribution is -0.144. The minimum atomic E-state index is -0.407. The molecule has 0 fully saturated rings. The fourth-order valence-electron chi connectivity index (χ4n) is 2.27. The molecule has 0 saturated carbocycles. The Kier molecular flexibility index (Phi) is 6.51. The highest BCUT2D eigenvalue weighted by atomic mass is 79.9. The first-order chi connectivity index (χ1) is 11.9. The van der Waals surface area contributed by atoms with Crippen molar-refractivity contribution < 1.29 is 19.1 Å². The molecular weight excluding hydrogens is 392 g/mol. The van der Waals surface area contributed by atoms with Crippen LogP contribution >= 0.6 is 15.9 Å². The van der Waals surface area contributed by atoms with Crippen molar-refractivity contribution in [3.8, 4) is 0 Å². The number of aromatic nitrogens is 2. The summed E-state index contributed by atoms with van der Waals surface area (Å²) < 4.78 is 7.19. The number of carbonyl (C=O) groups is 3. The molecule has 1 heterocycles. The first-order valence-corrected chi connectivity index (χ1v) is 8.56. The van der Waals surface area contributed by atoms with Gasteiger partial charge in [0.15, 0.2) is 5.82 Å². The van der Waals surface area contributed by atoms with E-state index in [4.69, 9.17) is 4.74 Å². The van der Waals surface area contributed by atoms with E-state index in [0.717, 1.165) is 4.47 Å². The molecule has 0 saturated heterocycles. The van der Waals surface area contributed by atoms with Gasteiger partial charge >= 0.3 is 5.97 Å². The Hall–Kier alpha value is -2.42. The highest BCUT2D eigenvalue weighted by Gasteiger charge is 2.17. The Morgan fingerprint density at radius 1 is 1.32 bits per heavy atom. The molecule has 1 aromatic heterocycles. The Morgan fingerprint density at radius 3 is 2.76 bits per heavy atom. The third-order valence-corrected chi connectivity index (χ3v) is 3.96. The van der Waals surface area contributed by atoms with Crippen LogP contribution in [0.3, 0.4) is 0 Å². The van der Waals surface area contributed by atoms with E-state index in [-0.39, 0.29) is 37.9 Å². The summed E-state index contributed by atoms with van der Waals surface area (Å²) >= 11 is 3.44. The Morgan fingerprint density at radius 2 is 2.08 bits per heavy atom. The number of hydrogen-bond donors (Lipinski definition) is 2. The molecule has 2 rings (SSSR count). The molecule has 9 heteroatoms. The van der Waals surface area contributed by atoms with Gasteiger partial charge in [0.1, 0.15) is 6.54 Å². The molecular formula is C16H19BrN4O4. The molecule has 0 atom stereocenters.